The second-order valence-electron chi connectivity index (χ2n) is 6.97. The number of sulfonamides is 1. The molecule has 2 rings (SSSR count). The first-order chi connectivity index (χ1) is 17.0. The molecule has 18 heteroatoms. The number of hydrogen-bond donors (Lipinski definition) is 6. The van der Waals surface area contributed by atoms with Gasteiger partial charge in [-0.3, -0.25) is 29.1 Å². The van der Waals surface area contributed by atoms with Gasteiger partial charge in [0.1, 0.15) is 22.4 Å². The van der Waals surface area contributed by atoms with Crippen LogP contribution in [-0.4, -0.2) is 48.7 Å². The highest BCUT2D eigenvalue weighted by molar-refractivity contribution is 7.92. The van der Waals surface area contributed by atoms with Crippen molar-refractivity contribution in [3.63, 3.8) is 0 Å². The van der Waals surface area contributed by atoms with Crippen molar-refractivity contribution in [2.24, 2.45) is 11.5 Å². The Morgan fingerprint density at radius 1 is 1.19 bits per heavy atom. The van der Waals surface area contributed by atoms with Gasteiger partial charge in [0.05, 0.1) is 6.61 Å². The van der Waals surface area contributed by atoms with E-state index in [4.69, 9.17) is 31.6 Å². The second kappa shape index (κ2) is 12.7. The number of hydrogen-bond acceptors (Lipinski definition) is 7. The van der Waals surface area contributed by atoms with E-state index in [1.165, 1.54) is 31.2 Å². The van der Waals surface area contributed by atoms with Gasteiger partial charge in [-0.1, -0.05) is 12.1 Å². The molecule has 0 saturated heterocycles. The van der Waals surface area contributed by atoms with E-state index in [2.05, 4.69) is 5.48 Å². The van der Waals surface area contributed by atoms with Crippen LogP contribution in [-0.2, 0) is 24.4 Å². The number of hydroxylamine groups is 1. The third-order valence-corrected chi connectivity index (χ3v) is 5.65. The molecule has 0 aliphatic carbocycles. The summed E-state index contributed by atoms with van der Waals surface area (Å²) in [6.45, 7) is 1.39. The van der Waals surface area contributed by atoms with Gasteiger partial charge in [0, 0.05) is 12.1 Å². The summed E-state index contributed by atoms with van der Waals surface area (Å²) in [7, 11) is -4.40. The van der Waals surface area contributed by atoms with Crippen LogP contribution in [0.5, 0.6) is 0 Å². The Balaban J connectivity index is 0.000000856. The average Bonchev–Trinajstić information content (AvgIpc) is 2.76. The molecule has 1 aromatic heterocycles. The normalized spacial score (nSPS) is 12.0. The molecule has 1 unspecified atom stereocenters. The maximum Gasteiger partial charge on any atom is 0.490 e. The number of nitrogens with zero attached hydrogens (tertiary/aromatic N) is 1. The van der Waals surface area contributed by atoms with Gasteiger partial charge in [0.15, 0.2) is 0 Å². The molecular weight excluding hydrogens is 532 g/mol. The van der Waals surface area contributed by atoms with Gasteiger partial charge in [-0.25, -0.2) is 23.1 Å². The number of carbonyl (C=O) groups excluding carboxylic acids is 1. The van der Waals surface area contributed by atoms with E-state index in [9.17, 15) is 35.6 Å². The molecule has 0 fully saturated rings. The van der Waals surface area contributed by atoms with E-state index in [0.29, 0.717) is 5.69 Å². The number of nitrogens with two attached hydrogens (primary N) is 2. The Labute approximate surface area is 206 Å². The highest BCUT2D eigenvalue weighted by Crippen LogP contribution is 2.19. The van der Waals surface area contributed by atoms with Gasteiger partial charge in [-0.15, -0.1) is 0 Å². The number of pyridine rings is 1. The zero-order valence-electron chi connectivity index (χ0n) is 18.9. The molecule has 0 spiro atoms. The number of amides is 1. The molecule has 0 aliphatic heterocycles. The average molecular weight is 554 g/mol. The topological polar surface area (TPSA) is 220 Å². The van der Waals surface area contributed by atoms with Crippen molar-refractivity contribution >= 4 is 33.5 Å². The second-order valence-corrected chi connectivity index (χ2v) is 8.62. The lowest BCUT2D eigenvalue weighted by molar-refractivity contribution is -0.192. The first-order valence-electron chi connectivity index (χ1n) is 9.79. The number of carbonyl (C=O) groups is 2. The van der Waals surface area contributed by atoms with E-state index >= 15 is 0 Å². The largest absolute Gasteiger partial charge is 0.490 e. The van der Waals surface area contributed by atoms with Crippen molar-refractivity contribution in [2.75, 3.05) is 11.3 Å². The number of rotatable bonds is 9. The molecule has 0 saturated carbocycles. The Morgan fingerprint density at radius 3 is 2.24 bits per heavy atom. The molecule has 1 amide bonds. The van der Waals surface area contributed by atoms with Crippen LogP contribution in [0.2, 0.25) is 0 Å². The van der Waals surface area contributed by atoms with Crippen molar-refractivity contribution in [1.29, 1.82) is 5.41 Å². The van der Waals surface area contributed by atoms with Crippen LogP contribution >= 0.6 is 0 Å². The number of aryl methyl sites for hydroxylation is 1. The van der Waals surface area contributed by atoms with E-state index in [-0.39, 0.29) is 13.0 Å². The van der Waals surface area contributed by atoms with E-state index in [1.807, 2.05) is 4.72 Å². The van der Waals surface area contributed by atoms with E-state index < -0.39 is 62.0 Å². The monoisotopic (exact) mass is 554 g/mol. The number of guanidine groups is 1. The summed E-state index contributed by atoms with van der Waals surface area (Å²) < 4.78 is 73.7. The molecule has 0 radical (unpaired) electrons. The first-order valence-corrected chi connectivity index (χ1v) is 11.3. The Hall–Kier alpha value is -4.19. The molecule has 1 heterocycles. The molecule has 1 aromatic carbocycles. The highest BCUT2D eigenvalue weighted by atomic mass is 32.2. The summed E-state index contributed by atoms with van der Waals surface area (Å²) in [4.78, 5) is 38.0. The number of anilines is 1. The summed E-state index contributed by atoms with van der Waals surface area (Å²) in [5, 5.41) is 14.1. The molecule has 0 aliphatic rings. The maximum absolute atomic E-state index is 13.9. The lowest BCUT2D eigenvalue weighted by Gasteiger charge is -2.20. The minimum absolute atomic E-state index is 0.0696. The predicted molar refractivity (Wildman–Crippen MR) is 120 cm³/mol. The molecule has 13 nitrogen and oxygen atoms in total. The summed E-state index contributed by atoms with van der Waals surface area (Å²) in [6, 6.07) is 6.13. The molecule has 204 valence electrons. The zero-order valence-corrected chi connectivity index (χ0v) is 19.7. The number of alkyl halides is 3. The van der Waals surface area contributed by atoms with E-state index in [0.717, 1.165) is 16.7 Å². The van der Waals surface area contributed by atoms with E-state index in [1.54, 1.807) is 0 Å². The fraction of sp³-hybridized carbons (Fsp3) is 0.263. The molecule has 1 atom stereocenters. The van der Waals surface area contributed by atoms with Crippen LogP contribution in [0.3, 0.4) is 0 Å². The first kappa shape index (κ1) is 30.8. The standard InChI is InChI=1S/C17H21FN6O5S.C2HF3O2/c1-10-6-7-12(23-30(27,28)14-5-3-2-4-11(14)18)16(26)24(10)13(15(19)25)8-9-29-22-17(20)21;3-2(4,5)1(6)7/h2-7,13,23H,8-9H2,1H3,(H2,19,25)(H4,20,21,22);(H,6,7). The number of carboxylic acid groups (broad SMARTS) is 1. The van der Waals surface area contributed by atoms with Crippen LogP contribution in [0.15, 0.2) is 46.1 Å². The highest BCUT2D eigenvalue weighted by Gasteiger charge is 2.38. The number of aromatic nitrogens is 1. The number of carboxylic acids is 1. The SMILES string of the molecule is Cc1ccc(NS(=O)(=O)c2ccccc2F)c(=O)n1C(CCONC(=N)N)C(N)=O.O=C(O)C(F)(F)F. The Bertz CT molecular complexity index is 1310. The van der Waals surface area contributed by atoms with Gasteiger partial charge in [0.2, 0.25) is 11.9 Å². The summed E-state index contributed by atoms with van der Waals surface area (Å²) in [6.07, 6.45) is -5.15. The molecule has 37 heavy (non-hydrogen) atoms. The van der Waals surface area contributed by atoms with Gasteiger partial charge >= 0.3 is 12.1 Å². The number of benzene rings is 1. The predicted octanol–water partition coefficient (Wildman–Crippen LogP) is 0.561. The van der Waals surface area contributed by atoms with Crippen LogP contribution < -0.4 is 27.2 Å². The number of halogens is 4. The number of primary amides is 1. The fourth-order valence-corrected chi connectivity index (χ4v) is 3.81. The Kier molecular flexibility index (Phi) is 10.6. The van der Waals surface area contributed by atoms with Crippen LogP contribution in [0.1, 0.15) is 18.2 Å². The van der Waals surface area contributed by atoms with Crippen LogP contribution in [0.25, 0.3) is 0 Å². The third kappa shape index (κ3) is 9.08. The summed E-state index contributed by atoms with van der Waals surface area (Å²) in [5.74, 6) is -5.06. The number of aliphatic carboxylic acids is 1. The zero-order chi connectivity index (χ0) is 28.6. The smallest absolute Gasteiger partial charge is 0.475 e. The molecular formula is C19H22F4N6O7S. The van der Waals surface area contributed by atoms with Gasteiger partial charge in [-0.05, 0) is 31.2 Å². The van der Waals surface area contributed by atoms with Gasteiger partial charge < -0.3 is 16.6 Å². The quantitative estimate of drug-likeness (QED) is 0.0837. The van der Waals surface area contributed by atoms with Gasteiger partial charge in [0.25, 0.3) is 15.6 Å². The minimum atomic E-state index is -5.08. The molecule has 2 aromatic rings. The Morgan fingerprint density at radius 2 is 1.76 bits per heavy atom. The van der Waals surface area contributed by atoms with Crippen molar-refractivity contribution < 1.29 is 45.5 Å². The summed E-state index contributed by atoms with van der Waals surface area (Å²) in [5.41, 5.74) is 11.7. The van der Waals surface area contributed by atoms with Crippen molar-refractivity contribution in [3.8, 4) is 0 Å². The molecule has 0 bridgehead atoms. The lowest BCUT2D eigenvalue weighted by atomic mass is 10.1. The summed E-state index contributed by atoms with van der Waals surface area (Å²) >= 11 is 0. The van der Waals surface area contributed by atoms with Crippen molar-refractivity contribution in [1.82, 2.24) is 10.0 Å². The lowest BCUT2D eigenvalue weighted by Crippen LogP contribution is -2.38. The third-order valence-electron chi connectivity index (χ3n) is 4.25. The van der Waals surface area contributed by atoms with Gasteiger partial charge in [-0.2, -0.15) is 13.2 Å². The van der Waals surface area contributed by atoms with Crippen LogP contribution in [0, 0.1) is 18.2 Å². The fourth-order valence-electron chi connectivity index (χ4n) is 2.67. The van der Waals surface area contributed by atoms with Crippen molar-refractivity contribution in [2.45, 2.75) is 30.5 Å². The van der Waals surface area contributed by atoms with Crippen LogP contribution in [0.4, 0.5) is 23.2 Å². The molecule has 8 N–H and O–H groups in total. The number of nitrogens with one attached hydrogen (secondary N) is 3. The minimum Gasteiger partial charge on any atom is -0.475 e. The van der Waals surface area contributed by atoms with Crippen molar-refractivity contribution in [3.05, 3.63) is 58.3 Å². The maximum atomic E-state index is 13.9.